The molecule has 134 valence electrons. The number of allylic oxidation sites excluding steroid dienone is 1. The minimum absolute atomic E-state index is 0.0292. The number of Topliss-reactive ketones (excluding diaryl/α,β-unsaturated/α-hetero) is 1. The maximum absolute atomic E-state index is 13.3. The van der Waals surface area contributed by atoms with Crippen LogP contribution in [0.4, 0.5) is 0 Å². The first kappa shape index (κ1) is 17.9. The molecule has 3 nitrogen and oxygen atoms in total. The van der Waals surface area contributed by atoms with E-state index in [9.17, 15) is 4.79 Å². The summed E-state index contributed by atoms with van der Waals surface area (Å²) in [6.45, 7) is 14.8. The van der Waals surface area contributed by atoms with Crippen molar-refractivity contribution in [3.8, 4) is 0 Å². The Kier molecular flexibility index (Phi) is 3.98. The summed E-state index contributed by atoms with van der Waals surface area (Å²) in [4.78, 5) is 18.2. The van der Waals surface area contributed by atoms with Crippen molar-refractivity contribution in [3.05, 3.63) is 41.0 Å². The topological polar surface area (TPSA) is 38.7 Å². The fraction of sp³-hybridized carbons (Fsp3) is 0.545. The molecule has 0 bridgehead atoms. The number of fused-ring (bicyclic) bond motifs is 2. The molecule has 1 aliphatic carbocycles. The fourth-order valence-corrected chi connectivity index (χ4v) is 3.07. The number of nitrogens with zero attached hydrogens (tertiary/aromatic N) is 1. The minimum Gasteiger partial charge on any atom is -0.487 e. The number of hydrogen-bond donors (Lipinski definition) is 0. The summed E-state index contributed by atoms with van der Waals surface area (Å²) in [6, 6.07) is 7.99. The number of benzene rings is 1. The highest BCUT2D eigenvalue weighted by Gasteiger charge is 2.41. The minimum atomic E-state index is -0.349. The number of ketones is 1. The molecule has 0 fully saturated rings. The molecule has 0 atom stereocenters. The van der Waals surface area contributed by atoms with Crippen LogP contribution in [0.3, 0.4) is 0 Å². The maximum Gasteiger partial charge on any atom is 0.211 e. The second kappa shape index (κ2) is 5.55. The van der Waals surface area contributed by atoms with E-state index in [-0.39, 0.29) is 22.3 Å². The molecule has 0 unspecified atom stereocenters. The predicted octanol–water partition coefficient (Wildman–Crippen LogP) is 5.18. The number of carbonyl (C=O) groups excluding carboxylic acids is 1. The van der Waals surface area contributed by atoms with E-state index in [2.05, 4.69) is 48.5 Å². The normalized spacial score (nSPS) is 21.7. The van der Waals surface area contributed by atoms with Crippen molar-refractivity contribution in [2.75, 3.05) is 0 Å². The molecule has 1 aromatic carbocycles. The number of rotatable bonds is 1. The van der Waals surface area contributed by atoms with E-state index in [0.717, 1.165) is 35.3 Å². The Hall–Kier alpha value is -1.90. The van der Waals surface area contributed by atoms with Crippen LogP contribution in [-0.2, 0) is 9.53 Å². The molecule has 0 spiro atoms. The van der Waals surface area contributed by atoms with E-state index in [1.54, 1.807) is 0 Å². The predicted molar refractivity (Wildman–Crippen MR) is 103 cm³/mol. The second-order valence-corrected chi connectivity index (χ2v) is 9.31. The monoisotopic (exact) mass is 339 g/mol. The van der Waals surface area contributed by atoms with Gasteiger partial charge in [0.1, 0.15) is 17.1 Å². The van der Waals surface area contributed by atoms with E-state index in [0.29, 0.717) is 5.71 Å². The van der Waals surface area contributed by atoms with Crippen LogP contribution in [0.1, 0.15) is 72.4 Å². The third-order valence-corrected chi connectivity index (χ3v) is 5.77. The van der Waals surface area contributed by atoms with Crippen LogP contribution in [0, 0.1) is 5.41 Å². The summed E-state index contributed by atoms with van der Waals surface area (Å²) in [6.07, 6.45) is 1.58. The summed E-state index contributed by atoms with van der Waals surface area (Å²) >= 11 is 0. The van der Waals surface area contributed by atoms with Gasteiger partial charge in [0.2, 0.25) is 5.78 Å². The van der Waals surface area contributed by atoms with Crippen molar-refractivity contribution >= 4 is 17.3 Å². The van der Waals surface area contributed by atoms with Crippen molar-refractivity contribution < 1.29 is 9.53 Å². The summed E-state index contributed by atoms with van der Waals surface area (Å²) in [7, 11) is 0. The Morgan fingerprint density at radius 1 is 1.04 bits per heavy atom. The van der Waals surface area contributed by atoms with Gasteiger partial charge in [0.05, 0.1) is 5.54 Å². The molecule has 0 radical (unpaired) electrons. The van der Waals surface area contributed by atoms with Gasteiger partial charge in [0.25, 0.3) is 0 Å². The van der Waals surface area contributed by atoms with Crippen LogP contribution >= 0.6 is 0 Å². The van der Waals surface area contributed by atoms with Gasteiger partial charge in [-0.15, -0.1) is 0 Å². The Morgan fingerprint density at radius 2 is 1.64 bits per heavy atom. The van der Waals surface area contributed by atoms with Crippen LogP contribution in [0.2, 0.25) is 0 Å². The molecule has 3 rings (SSSR count). The lowest BCUT2D eigenvalue weighted by molar-refractivity contribution is -0.110. The average Bonchev–Trinajstić information content (AvgIpc) is 2.49. The number of carbonyl (C=O) groups is 1. The quantitative estimate of drug-likeness (QED) is 0.707. The van der Waals surface area contributed by atoms with E-state index in [4.69, 9.17) is 9.73 Å². The van der Waals surface area contributed by atoms with Gasteiger partial charge in [0.15, 0.2) is 0 Å². The van der Waals surface area contributed by atoms with Crippen LogP contribution in [0.15, 0.2) is 34.8 Å². The number of hydrogen-bond acceptors (Lipinski definition) is 3. The zero-order chi connectivity index (χ0) is 18.6. The number of ether oxygens (including phenoxy) is 1. The van der Waals surface area contributed by atoms with Gasteiger partial charge in [-0.05, 0) is 46.0 Å². The molecule has 3 heteroatoms. The van der Waals surface area contributed by atoms with Crippen LogP contribution in [0.25, 0.3) is 5.76 Å². The third kappa shape index (κ3) is 3.05. The molecule has 1 heterocycles. The Labute approximate surface area is 151 Å². The van der Waals surface area contributed by atoms with E-state index >= 15 is 0 Å². The highest BCUT2D eigenvalue weighted by atomic mass is 16.5. The second-order valence-electron chi connectivity index (χ2n) is 9.31. The van der Waals surface area contributed by atoms with Gasteiger partial charge in [-0.25, -0.2) is 0 Å². The summed E-state index contributed by atoms with van der Waals surface area (Å²) in [5.74, 6) is 0.783. The zero-order valence-corrected chi connectivity index (χ0v) is 16.5. The molecule has 1 aliphatic heterocycles. The van der Waals surface area contributed by atoms with Crippen molar-refractivity contribution in [2.45, 2.75) is 72.4 Å². The Bertz CT molecular complexity index is 788. The molecule has 0 saturated heterocycles. The van der Waals surface area contributed by atoms with Crippen LogP contribution < -0.4 is 0 Å². The lowest BCUT2D eigenvalue weighted by atomic mass is 9.75. The maximum atomic E-state index is 13.3. The van der Waals surface area contributed by atoms with Gasteiger partial charge in [0, 0.05) is 16.7 Å². The zero-order valence-electron chi connectivity index (χ0n) is 16.5. The summed E-state index contributed by atoms with van der Waals surface area (Å²) in [5.41, 5.74) is 2.60. The molecule has 0 aromatic heterocycles. The Morgan fingerprint density at radius 3 is 2.24 bits per heavy atom. The molecule has 1 aromatic rings. The molecule has 0 saturated carbocycles. The highest BCUT2D eigenvalue weighted by molar-refractivity contribution is 6.54. The van der Waals surface area contributed by atoms with Gasteiger partial charge in [-0.3, -0.25) is 9.79 Å². The van der Waals surface area contributed by atoms with Gasteiger partial charge in [-0.1, -0.05) is 45.0 Å². The first-order valence-corrected chi connectivity index (χ1v) is 9.09. The first-order valence-electron chi connectivity index (χ1n) is 9.09. The molecular weight excluding hydrogens is 310 g/mol. The first-order chi connectivity index (χ1) is 11.4. The lowest BCUT2D eigenvalue weighted by Crippen LogP contribution is -2.39. The van der Waals surface area contributed by atoms with Gasteiger partial charge in [-0.2, -0.15) is 0 Å². The van der Waals surface area contributed by atoms with Crippen molar-refractivity contribution in [1.29, 1.82) is 0 Å². The van der Waals surface area contributed by atoms with Crippen molar-refractivity contribution in [2.24, 2.45) is 10.4 Å². The van der Waals surface area contributed by atoms with Crippen molar-refractivity contribution in [3.63, 3.8) is 0 Å². The lowest BCUT2D eigenvalue weighted by Gasteiger charge is -2.39. The molecule has 2 aliphatic rings. The van der Waals surface area contributed by atoms with Crippen molar-refractivity contribution in [1.82, 2.24) is 0 Å². The third-order valence-electron chi connectivity index (χ3n) is 5.77. The van der Waals surface area contributed by atoms with Crippen LogP contribution in [0.5, 0.6) is 0 Å². The number of aliphatic imine (C=N–C) groups is 1. The highest BCUT2D eigenvalue weighted by Crippen LogP contribution is 2.42. The SMILES string of the molecule is CC1(C)CCC2=C(O1)c1ccccc1C(=NC(C)(C)C(C)(C)C)C2=O. The molecular formula is C22H29NO2. The van der Waals surface area contributed by atoms with Gasteiger partial charge < -0.3 is 4.74 Å². The van der Waals surface area contributed by atoms with E-state index in [1.807, 2.05) is 24.3 Å². The fourth-order valence-electron chi connectivity index (χ4n) is 3.07. The standard InChI is InChI=1S/C22H29NO2/c1-20(2,3)22(6,7)23-17-14-10-8-9-11-15(14)19-16(18(17)24)12-13-21(4,5)25-19/h8-11H,12-13H2,1-7H3. The molecule has 0 N–H and O–H groups in total. The largest absolute Gasteiger partial charge is 0.487 e. The smallest absolute Gasteiger partial charge is 0.211 e. The van der Waals surface area contributed by atoms with E-state index < -0.39 is 0 Å². The summed E-state index contributed by atoms with van der Waals surface area (Å²) < 4.78 is 6.22. The van der Waals surface area contributed by atoms with Gasteiger partial charge >= 0.3 is 0 Å². The van der Waals surface area contributed by atoms with Crippen LogP contribution in [-0.4, -0.2) is 22.6 Å². The summed E-state index contributed by atoms with van der Waals surface area (Å²) in [5, 5.41) is 0. The molecule has 0 amide bonds. The van der Waals surface area contributed by atoms with E-state index in [1.165, 1.54) is 0 Å². The Balaban J connectivity index is 2.20. The molecule has 25 heavy (non-hydrogen) atoms. The average molecular weight is 339 g/mol.